The quantitative estimate of drug-likeness (QED) is 0.568. The number of carbonyl (C=O) groups excluding carboxylic acids is 2. The van der Waals surface area contributed by atoms with Crippen molar-refractivity contribution in [2.45, 2.75) is 45.4 Å². The van der Waals surface area contributed by atoms with E-state index in [1.165, 1.54) is 11.1 Å². The van der Waals surface area contributed by atoms with Crippen LogP contribution in [0.1, 0.15) is 37.8 Å². The highest BCUT2D eigenvalue weighted by Crippen LogP contribution is 2.12. The van der Waals surface area contributed by atoms with E-state index >= 15 is 0 Å². The van der Waals surface area contributed by atoms with E-state index in [1.54, 1.807) is 11.8 Å². The topological polar surface area (TPSA) is 70.2 Å². The Morgan fingerprint density at radius 2 is 1.79 bits per heavy atom. The lowest BCUT2D eigenvalue weighted by molar-refractivity contribution is -0.121. The maximum absolute atomic E-state index is 11.6. The molecule has 3 N–H and O–H groups in total. The lowest BCUT2D eigenvalue weighted by Gasteiger charge is -2.11. The molecule has 0 aromatic heterocycles. The Bertz CT molecular complexity index is 505. The van der Waals surface area contributed by atoms with E-state index in [4.69, 9.17) is 0 Å². The van der Waals surface area contributed by atoms with E-state index in [2.05, 4.69) is 47.1 Å². The molecule has 0 bridgehead atoms. The second-order valence-corrected chi connectivity index (χ2v) is 6.95. The summed E-state index contributed by atoms with van der Waals surface area (Å²) in [7, 11) is 0. The molecule has 1 aromatic rings. The van der Waals surface area contributed by atoms with E-state index in [9.17, 15) is 9.59 Å². The molecule has 0 aliphatic rings. The van der Waals surface area contributed by atoms with Crippen molar-refractivity contribution in [1.82, 2.24) is 16.0 Å². The molecule has 0 saturated heterocycles. The first-order chi connectivity index (χ1) is 11.5. The van der Waals surface area contributed by atoms with Crippen LogP contribution in [0.25, 0.3) is 0 Å². The highest BCUT2D eigenvalue weighted by Gasteiger charge is 2.06. The zero-order chi connectivity index (χ0) is 17.8. The van der Waals surface area contributed by atoms with Crippen LogP contribution in [-0.2, 0) is 10.5 Å². The Morgan fingerprint density at radius 1 is 1.12 bits per heavy atom. The van der Waals surface area contributed by atoms with Gasteiger partial charge < -0.3 is 16.0 Å². The molecule has 24 heavy (non-hydrogen) atoms. The Kier molecular flexibility index (Phi) is 10.00. The van der Waals surface area contributed by atoms with Gasteiger partial charge in [-0.25, -0.2) is 4.79 Å². The summed E-state index contributed by atoms with van der Waals surface area (Å²) in [5.74, 6) is 1.77. The molecule has 134 valence electrons. The Balaban J connectivity index is 2.01. The maximum atomic E-state index is 11.6. The molecule has 1 unspecified atom stereocenters. The monoisotopic (exact) mass is 351 g/mol. The number of amides is 3. The molecule has 1 atom stereocenters. The third-order valence-electron chi connectivity index (χ3n) is 3.58. The van der Waals surface area contributed by atoms with Gasteiger partial charge in [0.15, 0.2) is 0 Å². The molecule has 0 saturated carbocycles. The zero-order valence-corrected chi connectivity index (χ0v) is 15.7. The fourth-order valence-electron chi connectivity index (χ4n) is 1.91. The van der Waals surface area contributed by atoms with Crippen molar-refractivity contribution in [3.05, 3.63) is 35.4 Å². The van der Waals surface area contributed by atoms with Gasteiger partial charge in [0, 0.05) is 37.1 Å². The molecule has 6 heteroatoms. The van der Waals surface area contributed by atoms with Crippen molar-refractivity contribution in [1.29, 1.82) is 0 Å². The Labute approximate surface area is 149 Å². The van der Waals surface area contributed by atoms with Crippen molar-refractivity contribution < 1.29 is 9.59 Å². The summed E-state index contributed by atoms with van der Waals surface area (Å²) in [6.07, 6.45) is 1.21. The van der Waals surface area contributed by atoms with Crippen molar-refractivity contribution >= 4 is 23.7 Å². The zero-order valence-electron chi connectivity index (χ0n) is 14.9. The van der Waals surface area contributed by atoms with E-state index in [0.29, 0.717) is 19.5 Å². The van der Waals surface area contributed by atoms with Crippen LogP contribution >= 0.6 is 11.8 Å². The van der Waals surface area contributed by atoms with Gasteiger partial charge in [-0.3, -0.25) is 4.79 Å². The number of rotatable bonds is 10. The van der Waals surface area contributed by atoms with Gasteiger partial charge in [-0.15, -0.1) is 0 Å². The van der Waals surface area contributed by atoms with Crippen LogP contribution in [0.4, 0.5) is 4.79 Å². The summed E-state index contributed by atoms with van der Waals surface area (Å²) in [6.45, 7) is 7.03. The van der Waals surface area contributed by atoms with Gasteiger partial charge >= 0.3 is 6.03 Å². The van der Waals surface area contributed by atoms with Crippen molar-refractivity contribution in [3.8, 4) is 0 Å². The lowest BCUT2D eigenvalue weighted by atomic mass is 10.2. The van der Waals surface area contributed by atoms with Crippen LogP contribution in [0.15, 0.2) is 24.3 Å². The van der Waals surface area contributed by atoms with Crippen LogP contribution in [0, 0.1) is 6.92 Å². The standard InChI is InChI=1S/C18H29N3O2S/c1-4-15(3)21-17(22)9-10-19-18(23)20-11-12-24-13-16-7-5-14(2)6-8-16/h5-8,15H,4,9-13H2,1-3H3,(H,21,22)(H2,19,20,23). The average molecular weight is 352 g/mol. The largest absolute Gasteiger partial charge is 0.354 e. The smallest absolute Gasteiger partial charge is 0.314 e. The molecule has 0 radical (unpaired) electrons. The summed E-state index contributed by atoms with van der Waals surface area (Å²) in [5, 5.41) is 8.37. The lowest BCUT2D eigenvalue weighted by Crippen LogP contribution is -2.39. The first-order valence-electron chi connectivity index (χ1n) is 8.45. The SMILES string of the molecule is CCC(C)NC(=O)CCNC(=O)NCCSCc1ccc(C)cc1. The van der Waals surface area contributed by atoms with Gasteiger partial charge in [0.05, 0.1) is 0 Å². The normalized spacial score (nSPS) is 11.6. The van der Waals surface area contributed by atoms with E-state index in [1.807, 2.05) is 13.8 Å². The summed E-state index contributed by atoms with van der Waals surface area (Å²) in [6, 6.07) is 8.44. The fourth-order valence-corrected chi connectivity index (χ4v) is 2.73. The van der Waals surface area contributed by atoms with E-state index in [0.717, 1.165) is 17.9 Å². The van der Waals surface area contributed by atoms with Gasteiger partial charge in [-0.1, -0.05) is 36.8 Å². The summed E-state index contributed by atoms with van der Waals surface area (Å²) in [5.41, 5.74) is 2.56. The number of thioether (sulfide) groups is 1. The molecular formula is C18H29N3O2S. The van der Waals surface area contributed by atoms with Gasteiger partial charge in [-0.05, 0) is 25.8 Å². The van der Waals surface area contributed by atoms with Crippen molar-refractivity contribution in [2.24, 2.45) is 0 Å². The van der Waals surface area contributed by atoms with Crippen LogP contribution in [0.5, 0.6) is 0 Å². The van der Waals surface area contributed by atoms with Crippen LogP contribution in [0.2, 0.25) is 0 Å². The first kappa shape index (κ1) is 20.4. The second-order valence-electron chi connectivity index (χ2n) is 5.85. The molecule has 0 spiro atoms. The molecule has 1 rings (SSSR count). The summed E-state index contributed by atoms with van der Waals surface area (Å²) in [4.78, 5) is 23.2. The first-order valence-corrected chi connectivity index (χ1v) is 9.61. The summed E-state index contributed by atoms with van der Waals surface area (Å²) < 4.78 is 0. The number of nitrogens with one attached hydrogen (secondary N) is 3. The van der Waals surface area contributed by atoms with E-state index in [-0.39, 0.29) is 18.0 Å². The number of carbonyl (C=O) groups is 2. The molecule has 0 aliphatic heterocycles. The summed E-state index contributed by atoms with van der Waals surface area (Å²) >= 11 is 1.79. The highest BCUT2D eigenvalue weighted by molar-refractivity contribution is 7.98. The van der Waals surface area contributed by atoms with Crippen molar-refractivity contribution in [3.63, 3.8) is 0 Å². The molecule has 5 nitrogen and oxygen atoms in total. The maximum Gasteiger partial charge on any atom is 0.314 e. The number of urea groups is 1. The molecule has 0 heterocycles. The Morgan fingerprint density at radius 3 is 2.46 bits per heavy atom. The molecule has 1 aromatic carbocycles. The minimum absolute atomic E-state index is 0.0293. The second kappa shape index (κ2) is 11.8. The van der Waals surface area contributed by atoms with E-state index < -0.39 is 0 Å². The van der Waals surface area contributed by atoms with Gasteiger partial charge in [0.25, 0.3) is 0 Å². The molecule has 0 fully saturated rings. The average Bonchev–Trinajstić information content (AvgIpc) is 2.56. The minimum atomic E-state index is -0.220. The third kappa shape index (κ3) is 9.45. The Hall–Kier alpha value is -1.69. The molecule has 3 amide bonds. The molecule has 0 aliphatic carbocycles. The number of aryl methyl sites for hydroxylation is 1. The van der Waals surface area contributed by atoms with Gasteiger partial charge in [-0.2, -0.15) is 11.8 Å². The highest BCUT2D eigenvalue weighted by atomic mass is 32.2. The van der Waals surface area contributed by atoms with Crippen LogP contribution < -0.4 is 16.0 Å². The molecular weight excluding hydrogens is 322 g/mol. The van der Waals surface area contributed by atoms with Crippen LogP contribution in [0.3, 0.4) is 0 Å². The minimum Gasteiger partial charge on any atom is -0.354 e. The number of hydrogen-bond donors (Lipinski definition) is 3. The predicted molar refractivity (Wildman–Crippen MR) is 101 cm³/mol. The van der Waals surface area contributed by atoms with Gasteiger partial charge in [0.2, 0.25) is 5.91 Å². The third-order valence-corrected chi connectivity index (χ3v) is 4.61. The number of hydrogen-bond acceptors (Lipinski definition) is 3. The van der Waals surface area contributed by atoms with Crippen LogP contribution in [-0.4, -0.2) is 36.8 Å². The number of benzene rings is 1. The van der Waals surface area contributed by atoms with Gasteiger partial charge in [0.1, 0.15) is 0 Å². The predicted octanol–water partition coefficient (Wildman–Crippen LogP) is 2.83. The van der Waals surface area contributed by atoms with Crippen molar-refractivity contribution in [2.75, 3.05) is 18.8 Å². The fraction of sp³-hybridized carbons (Fsp3) is 0.556.